The summed E-state index contributed by atoms with van der Waals surface area (Å²) in [5, 5.41) is 2.40. The third-order valence-electron chi connectivity index (χ3n) is 8.18. The fourth-order valence-electron chi connectivity index (χ4n) is 6.09. The number of fused-ring (bicyclic) bond motifs is 3. The van der Waals surface area contributed by atoms with Crippen LogP contribution in [0.1, 0.15) is 59.3 Å². The van der Waals surface area contributed by atoms with E-state index in [9.17, 15) is 14.4 Å². The second-order valence-corrected chi connectivity index (χ2v) is 11.2. The Balaban J connectivity index is 1.13. The Kier molecular flexibility index (Phi) is 6.38. The monoisotopic (exact) mass is 516 g/mol. The van der Waals surface area contributed by atoms with E-state index in [-0.39, 0.29) is 30.3 Å². The normalized spacial score (nSPS) is 28.3. The number of morpholine rings is 1. The molecule has 8 nitrogen and oxygen atoms in total. The number of carbonyl (C=O) groups excluding carboxylic acids is 3. The largest absolute Gasteiger partial charge is 0.489 e. The van der Waals surface area contributed by atoms with Gasteiger partial charge in [-0.1, -0.05) is 30.3 Å². The summed E-state index contributed by atoms with van der Waals surface area (Å²) >= 11 is 0. The first kappa shape index (κ1) is 24.3. The third kappa shape index (κ3) is 4.49. The molecule has 3 radical (unpaired) electrons. The highest BCUT2D eigenvalue weighted by Crippen LogP contribution is 2.37. The van der Waals surface area contributed by atoms with Crippen molar-refractivity contribution in [1.29, 1.82) is 0 Å². The Hall–Kier alpha value is -3.01. The summed E-state index contributed by atoms with van der Waals surface area (Å²) in [4.78, 5) is 41.9. The fraction of sp³-hybridized carbons (Fsp3) is 0.464. The van der Waals surface area contributed by atoms with Gasteiger partial charge in [0, 0.05) is 46.4 Å². The molecule has 2 aromatic rings. The molecule has 5 atom stereocenters. The SMILES string of the molecule is CC(c1ccc(COc2cccc3c2CN([C@@H]2C(=O)NC(=O)CCC2[Si])C3=O)cc1)N1CC2CC1CO2. The summed E-state index contributed by atoms with van der Waals surface area (Å²) in [7, 11) is 3.59. The zero-order chi connectivity index (χ0) is 25.7. The van der Waals surface area contributed by atoms with E-state index in [2.05, 4.69) is 51.6 Å². The van der Waals surface area contributed by atoms with E-state index in [0.29, 0.717) is 42.5 Å². The number of nitrogens with zero attached hydrogens (tertiary/aromatic N) is 2. The zero-order valence-electron chi connectivity index (χ0n) is 20.8. The molecule has 4 aliphatic rings. The maximum Gasteiger partial charge on any atom is 0.255 e. The number of amides is 3. The van der Waals surface area contributed by atoms with E-state index in [1.165, 1.54) is 10.5 Å². The van der Waals surface area contributed by atoms with Gasteiger partial charge in [-0.25, -0.2) is 0 Å². The molecule has 0 spiro atoms. The first-order chi connectivity index (χ1) is 17.9. The molecule has 4 heterocycles. The van der Waals surface area contributed by atoms with Gasteiger partial charge in [0.2, 0.25) is 11.8 Å². The van der Waals surface area contributed by atoms with Crippen LogP contribution in [0, 0.1) is 0 Å². The maximum atomic E-state index is 13.2. The first-order valence-corrected chi connectivity index (χ1v) is 13.5. The van der Waals surface area contributed by atoms with Gasteiger partial charge in [0.25, 0.3) is 5.91 Å². The lowest BCUT2D eigenvalue weighted by Gasteiger charge is -2.32. The van der Waals surface area contributed by atoms with Crippen molar-refractivity contribution in [3.8, 4) is 5.75 Å². The van der Waals surface area contributed by atoms with Gasteiger partial charge >= 0.3 is 0 Å². The summed E-state index contributed by atoms with van der Waals surface area (Å²) in [6, 6.07) is 14.1. The van der Waals surface area contributed by atoms with Gasteiger partial charge in [0.15, 0.2) is 0 Å². The minimum Gasteiger partial charge on any atom is -0.489 e. The van der Waals surface area contributed by atoms with Crippen LogP contribution in [0.5, 0.6) is 5.75 Å². The summed E-state index contributed by atoms with van der Waals surface area (Å²) in [6.07, 6.45) is 2.24. The molecular weight excluding hydrogens is 486 g/mol. The summed E-state index contributed by atoms with van der Waals surface area (Å²) < 4.78 is 11.9. The van der Waals surface area contributed by atoms with Crippen LogP contribution >= 0.6 is 0 Å². The molecule has 4 aliphatic heterocycles. The lowest BCUT2D eigenvalue weighted by atomic mass is 10.0. The third-order valence-corrected chi connectivity index (χ3v) is 8.78. The molecule has 191 valence electrons. The van der Waals surface area contributed by atoms with Gasteiger partial charge in [-0.15, -0.1) is 0 Å². The molecule has 0 aliphatic carbocycles. The predicted molar refractivity (Wildman–Crippen MR) is 136 cm³/mol. The maximum absolute atomic E-state index is 13.2. The Morgan fingerprint density at radius 2 is 1.97 bits per heavy atom. The molecule has 4 unspecified atom stereocenters. The fourth-order valence-corrected chi connectivity index (χ4v) is 6.57. The smallest absolute Gasteiger partial charge is 0.255 e. The predicted octanol–water partition coefficient (Wildman–Crippen LogP) is 2.52. The van der Waals surface area contributed by atoms with E-state index in [1.807, 2.05) is 6.07 Å². The summed E-state index contributed by atoms with van der Waals surface area (Å²) in [5.74, 6) is -0.354. The molecular formula is C28H30N3O5Si. The summed E-state index contributed by atoms with van der Waals surface area (Å²) in [6.45, 7) is 4.72. The van der Waals surface area contributed by atoms with Gasteiger partial charge in [-0.2, -0.15) is 0 Å². The van der Waals surface area contributed by atoms with E-state index < -0.39 is 11.9 Å². The van der Waals surface area contributed by atoms with Crippen molar-refractivity contribution in [3.63, 3.8) is 0 Å². The van der Waals surface area contributed by atoms with Gasteiger partial charge in [-0.3, -0.25) is 24.6 Å². The number of hydrogen-bond donors (Lipinski definition) is 1. The molecule has 0 saturated carbocycles. The van der Waals surface area contributed by atoms with Crippen molar-refractivity contribution >= 4 is 28.0 Å². The van der Waals surface area contributed by atoms with Crippen LogP contribution in [0.15, 0.2) is 42.5 Å². The van der Waals surface area contributed by atoms with Crippen LogP contribution in [0.25, 0.3) is 0 Å². The number of hydrogen-bond acceptors (Lipinski definition) is 6. The van der Waals surface area contributed by atoms with Crippen molar-refractivity contribution < 1.29 is 23.9 Å². The zero-order valence-corrected chi connectivity index (χ0v) is 21.8. The van der Waals surface area contributed by atoms with Crippen LogP contribution in [-0.2, 0) is 27.5 Å². The molecule has 37 heavy (non-hydrogen) atoms. The lowest BCUT2D eigenvalue weighted by Crippen LogP contribution is -2.49. The highest BCUT2D eigenvalue weighted by atomic mass is 28.1. The van der Waals surface area contributed by atoms with E-state index >= 15 is 0 Å². The van der Waals surface area contributed by atoms with Gasteiger partial charge in [-0.05, 0) is 48.6 Å². The van der Waals surface area contributed by atoms with Crippen LogP contribution in [0.2, 0.25) is 5.54 Å². The summed E-state index contributed by atoms with van der Waals surface area (Å²) in [5.41, 5.74) is 3.32. The van der Waals surface area contributed by atoms with E-state index in [0.717, 1.165) is 30.7 Å². The van der Waals surface area contributed by atoms with Crippen molar-refractivity contribution in [2.75, 3.05) is 13.2 Å². The Morgan fingerprint density at radius 3 is 2.70 bits per heavy atom. The van der Waals surface area contributed by atoms with E-state index in [1.54, 1.807) is 12.1 Å². The minimum absolute atomic E-state index is 0.224. The Labute approximate surface area is 219 Å². The molecule has 2 bridgehead atoms. The number of ether oxygens (including phenoxy) is 2. The van der Waals surface area contributed by atoms with Crippen molar-refractivity contribution in [2.24, 2.45) is 0 Å². The second kappa shape index (κ2) is 9.70. The molecule has 1 N–H and O–H groups in total. The average molecular weight is 517 g/mol. The van der Waals surface area contributed by atoms with Gasteiger partial charge in [0.05, 0.1) is 19.3 Å². The van der Waals surface area contributed by atoms with Gasteiger partial charge in [0.1, 0.15) is 18.4 Å². The van der Waals surface area contributed by atoms with Crippen molar-refractivity contribution in [3.05, 3.63) is 64.7 Å². The molecule has 6 rings (SSSR count). The Bertz CT molecular complexity index is 1230. The number of imide groups is 1. The molecule has 3 fully saturated rings. The standard InChI is InChI=1S/C28H30N3O5Si/c1-16(30-12-20-11-19(30)15-35-20)18-7-5-17(6-8-18)14-36-23-4-2-3-21-22(23)13-31(28(21)34)26-24(37)9-10-25(32)29-27(26)33/h2-8,16,19-20,24,26H,9-15H2,1H3,(H,29,32,33)/t16?,19?,20?,24?,26-/m0/s1. The minimum atomic E-state index is -0.761. The van der Waals surface area contributed by atoms with Crippen LogP contribution in [0.3, 0.4) is 0 Å². The molecule has 3 amide bonds. The van der Waals surface area contributed by atoms with Crippen molar-refractivity contribution in [1.82, 2.24) is 15.1 Å². The number of carbonyl (C=O) groups is 3. The number of benzene rings is 2. The quantitative estimate of drug-likeness (QED) is 0.469. The number of rotatable bonds is 6. The van der Waals surface area contributed by atoms with Gasteiger partial charge < -0.3 is 14.4 Å². The van der Waals surface area contributed by atoms with Crippen LogP contribution in [0.4, 0.5) is 0 Å². The molecule has 3 saturated heterocycles. The highest BCUT2D eigenvalue weighted by Gasteiger charge is 2.43. The lowest BCUT2D eigenvalue weighted by molar-refractivity contribution is -0.132. The average Bonchev–Trinajstić information content (AvgIpc) is 3.60. The topological polar surface area (TPSA) is 88.2 Å². The van der Waals surface area contributed by atoms with Crippen LogP contribution in [-0.4, -0.2) is 69.1 Å². The van der Waals surface area contributed by atoms with E-state index in [4.69, 9.17) is 9.47 Å². The molecule has 0 aromatic heterocycles. The van der Waals surface area contributed by atoms with Crippen molar-refractivity contribution in [2.45, 2.75) is 69.1 Å². The highest BCUT2D eigenvalue weighted by molar-refractivity contribution is 6.17. The second-order valence-electron chi connectivity index (χ2n) is 10.5. The number of nitrogens with one attached hydrogen (secondary N) is 1. The number of likely N-dealkylation sites (tertiary alicyclic amines) is 1. The Morgan fingerprint density at radius 1 is 1.16 bits per heavy atom. The van der Waals surface area contributed by atoms with Crippen LogP contribution < -0.4 is 10.1 Å². The molecule has 2 aromatic carbocycles. The molecule has 9 heteroatoms. The first-order valence-electron chi connectivity index (χ1n) is 13.0.